The molecule has 4 heteroatoms. The van der Waals surface area contributed by atoms with Crippen LogP contribution in [0.2, 0.25) is 0 Å². The molecule has 0 saturated heterocycles. The Balaban J connectivity index is 1.59. The maximum Gasteiger partial charge on any atom is 0.164 e. The van der Waals surface area contributed by atoms with Crippen molar-refractivity contribution in [1.29, 1.82) is 0 Å². The first-order valence-electron chi connectivity index (χ1n) is 5.96. The van der Waals surface area contributed by atoms with Gasteiger partial charge in [0.2, 0.25) is 0 Å². The maximum absolute atomic E-state index is 4.26. The minimum atomic E-state index is 0.524. The van der Waals surface area contributed by atoms with E-state index in [9.17, 15) is 0 Å². The summed E-state index contributed by atoms with van der Waals surface area (Å²) in [6, 6.07) is 9.19. The first kappa shape index (κ1) is 10.5. The maximum atomic E-state index is 4.26. The molecular formula is C13H16N4. The highest BCUT2D eigenvalue weighted by Gasteiger charge is 2.20. The molecule has 1 aromatic carbocycles. The van der Waals surface area contributed by atoms with Crippen LogP contribution in [0.4, 0.5) is 0 Å². The van der Waals surface area contributed by atoms with Crippen molar-refractivity contribution in [3.63, 3.8) is 0 Å². The fraction of sp³-hybridized carbons (Fsp3) is 0.385. The van der Waals surface area contributed by atoms with Crippen molar-refractivity contribution in [3.05, 3.63) is 47.5 Å². The molecule has 0 fully saturated rings. The topological polar surface area (TPSA) is 42.7 Å². The lowest BCUT2D eigenvalue weighted by molar-refractivity contribution is 0.520. The molecule has 1 aliphatic rings. The molecule has 0 atom stereocenters. The van der Waals surface area contributed by atoms with Crippen LogP contribution in [-0.2, 0) is 26.4 Å². The van der Waals surface area contributed by atoms with E-state index in [0.29, 0.717) is 6.04 Å². The molecule has 0 saturated carbocycles. The molecule has 3 rings (SSSR count). The van der Waals surface area contributed by atoms with Crippen LogP contribution in [0.3, 0.4) is 0 Å². The van der Waals surface area contributed by atoms with Crippen molar-refractivity contribution >= 4 is 0 Å². The van der Waals surface area contributed by atoms with Crippen LogP contribution in [0.25, 0.3) is 0 Å². The van der Waals surface area contributed by atoms with Gasteiger partial charge in [0.1, 0.15) is 6.33 Å². The molecule has 0 radical (unpaired) electrons. The van der Waals surface area contributed by atoms with Gasteiger partial charge < -0.3 is 5.32 Å². The van der Waals surface area contributed by atoms with Gasteiger partial charge >= 0.3 is 0 Å². The van der Waals surface area contributed by atoms with Gasteiger partial charge in [-0.1, -0.05) is 24.3 Å². The lowest BCUT2D eigenvalue weighted by Crippen LogP contribution is -2.29. The van der Waals surface area contributed by atoms with Crippen molar-refractivity contribution < 1.29 is 0 Å². The first-order valence-corrected chi connectivity index (χ1v) is 5.96. The summed E-state index contributed by atoms with van der Waals surface area (Å²) < 4.78 is 1.74. The van der Waals surface area contributed by atoms with E-state index >= 15 is 0 Å². The number of aryl methyl sites for hydroxylation is 1. The fourth-order valence-electron chi connectivity index (χ4n) is 2.40. The zero-order valence-corrected chi connectivity index (χ0v) is 9.93. The molecule has 0 unspecified atom stereocenters. The predicted molar refractivity (Wildman–Crippen MR) is 65.5 cm³/mol. The second kappa shape index (κ2) is 4.30. The largest absolute Gasteiger partial charge is 0.306 e. The lowest BCUT2D eigenvalue weighted by atomic mass is 10.1. The Hall–Kier alpha value is -1.68. The lowest BCUT2D eigenvalue weighted by Gasteiger charge is -2.09. The van der Waals surface area contributed by atoms with Crippen LogP contribution < -0.4 is 5.32 Å². The molecule has 1 aromatic heterocycles. The highest BCUT2D eigenvalue weighted by molar-refractivity contribution is 5.33. The summed E-state index contributed by atoms with van der Waals surface area (Å²) in [6.07, 6.45) is 3.96. The molecule has 1 heterocycles. The Morgan fingerprint density at radius 2 is 2.00 bits per heavy atom. The normalized spacial score (nSPS) is 15.1. The summed E-state index contributed by atoms with van der Waals surface area (Å²) in [4.78, 5) is 4.22. The van der Waals surface area contributed by atoms with Gasteiger partial charge in [-0.25, -0.2) is 4.98 Å². The standard InChI is InChI=1S/C13H16N4/c1-17-9-15-13(16-17)8-14-12-6-10-4-2-3-5-11(10)7-12/h2-5,9,12,14H,6-8H2,1H3. The molecule has 1 aliphatic carbocycles. The Bertz CT molecular complexity index is 493. The van der Waals surface area contributed by atoms with Crippen molar-refractivity contribution in [1.82, 2.24) is 20.1 Å². The number of hydrogen-bond donors (Lipinski definition) is 1. The third kappa shape index (κ3) is 2.22. The Labute approximate surface area is 101 Å². The Morgan fingerprint density at radius 1 is 1.29 bits per heavy atom. The van der Waals surface area contributed by atoms with Crippen LogP contribution in [-0.4, -0.2) is 20.8 Å². The van der Waals surface area contributed by atoms with Gasteiger partial charge in [-0.05, 0) is 24.0 Å². The zero-order chi connectivity index (χ0) is 11.7. The average Bonchev–Trinajstić information content (AvgIpc) is 2.91. The zero-order valence-electron chi connectivity index (χ0n) is 9.93. The smallest absolute Gasteiger partial charge is 0.164 e. The van der Waals surface area contributed by atoms with Crippen molar-refractivity contribution in [3.8, 4) is 0 Å². The van der Waals surface area contributed by atoms with Crippen LogP contribution in [0, 0.1) is 0 Å². The second-order valence-corrected chi connectivity index (χ2v) is 4.59. The van der Waals surface area contributed by atoms with Gasteiger partial charge in [-0.2, -0.15) is 5.10 Å². The van der Waals surface area contributed by atoms with E-state index in [1.807, 2.05) is 7.05 Å². The number of rotatable bonds is 3. The van der Waals surface area contributed by atoms with Crippen molar-refractivity contribution in [2.24, 2.45) is 7.05 Å². The third-order valence-electron chi connectivity index (χ3n) is 3.25. The van der Waals surface area contributed by atoms with E-state index in [1.165, 1.54) is 11.1 Å². The molecule has 0 spiro atoms. The van der Waals surface area contributed by atoms with E-state index in [2.05, 4.69) is 39.7 Å². The summed E-state index contributed by atoms with van der Waals surface area (Å²) in [5.41, 5.74) is 2.94. The van der Waals surface area contributed by atoms with Gasteiger partial charge in [0, 0.05) is 13.1 Å². The van der Waals surface area contributed by atoms with Gasteiger partial charge in [-0.15, -0.1) is 0 Å². The molecule has 0 amide bonds. The first-order chi connectivity index (χ1) is 8.31. The summed E-state index contributed by atoms with van der Waals surface area (Å²) in [5, 5.41) is 7.78. The highest BCUT2D eigenvalue weighted by atomic mass is 15.3. The van der Waals surface area contributed by atoms with E-state index < -0.39 is 0 Å². The SMILES string of the molecule is Cn1cnc(CNC2Cc3ccccc3C2)n1. The molecule has 0 bridgehead atoms. The number of nitrogens with one attached hydrogen (secondary N) is 1. The van der Waals surface area contributed by atoms with E-state index in [1.54, 1.807) is 11.0 Å². The van der Waals surface area contributed by atoms with Gasteiger partial charge in [0.05, 0.1) is 6.54 Å². The Morgan fingerprint density at radius 3 is 2.59 bits per heavy atom. The summed E-state index contributed by atoms with van der Waals surface area (Å²) in [7, 11) is 1.89. The summed E-state index contributed by atoms with van der Waals surface area (Å²) >= 11 is 0. The number of fused-ring (bicyclic) bond motifs is 1. The molecule has 88 valence electrons. The minimum absolute atomic E-state index is 0.524. The highest BCUT2D eigenvalue weighted by Crippen LogP contribution is 2.21. The minimum Gasteiger partial charge on any atom is -0.306 e. The van der Waals surface area contributed by atoms with E-state index in [4.69, 9.17) is 0 Å². The van der Waals surface area contributed by atoms with Crippen LogP contribution >= 0.6 is 0 Å². The quantitative estimate of drug-likeness (QED) is 0.854. The molecule has 1 N–H and O–H groups in total. The number of aromatic nitrogens is 3. The van der Waals surface area contributed by atoms with Crippen molar-refractivity contribution in [2.75, 3.05) is 0 Å². The van der Waals surface area contributed by atoms with E-state index in [0.717, 1.165) is 25.2 Å². The van der Waals surface area contributed by atoms with Crippen molar-refractivity contribution in [2.45, 2.75) is 25.4 Å². The van der Waals surface area contributed by atoms with Crippen LogP contribution in [0.5, 0.6) is 0 Å². The Kier molecular flexibility index (Phi) is 2.65. The summed E-state index contributed by atoms with van der Waals surface area (Å²) in [5.74, 6) is 0.864. The fourth-order valence-corrected chi connectivity index (χ4v) is 2.40. The average molecular weight is 228 g/mol. The number of hydrogen-bond acceptors (Lipinski definition) is 3. The van der Waals surface area contributed by atoms with Crippen LogP contribution in [0.15, 0.2) is 30.6 Å². The number of benzene rings is 1. The molecular weight excluding hydrogens is 212 g/mol. The predicted octanol–water partition coefficient (Wildman–Crippen LogP) is 1.07. The van der Waals surface area contributed by atoms with Gasteiger partial charge in [0.25, 0.3) is 0 Å². The van der Waals surface area contributed by atoms with Gasteiger partial charge in [-0.3, -0.25) is 4.68 Å². The number of nitrogens with zero attached hydrogens (tertiary/aromatic N) is 3. The van der Waals surface area contributed by atoms with Crippen LogP contribution in [0.1, 0.15) is 17.0 Å². The monoisotopic (exact) mass is 228 g/mol. The molecule has 4 nitrogen and oxygen atoms in total. The third-order valence-corrected chi connectivity index (χ3v) is 3.25. The molecule has 2 aromatic rings. The van der Waals surface area contributed by atoms with E-state index in [-0.39, 0.29) is 0 Å². The van der Waals surface area contributed by atoms with Gasteiger partial charge in [0.15, 0.2) is 5.82 Å². The second-order valence-electron chi connectivity index (χ2n) is 4.59. The molecule has 17 heavy (non-hydrogen) atoms. The summed E-state index contributed by atoms with van der Waals surface area (Å²) in [6.45, 7) is 0.749. The molecule has 0 aliphatic heterocycles.